The second-order valence-corrected chi connectivity index (χ2v) is 6.43. The maximum absolute atomic E-state index is 5.36. The summed E-state index contributed by atoms with van der Waals surface area (Å²) in [6.07, 6.45) is 5.92. The molecule has 1 fully saturated rings. The lowest BCUT2D eigenvalue weighted by atomic mass is 10.1. The van der Waals surface area contributed by atoms with Gasteiger partial charge in [-0.25, -0.2) is 0 Å². The van der Waals surface area contributed by atoms with E-state index in [1.54, 1.807) is 6.26 Å². The van der Waals surface area contributed by atoms with Crippen molar-refractivity contribution in [1.82, 2.24) is 20.3 Å². The van der Waals surface area contributed by atoms with Gasteiger partial charge in [0.2, 0.25) is 0 Å². The van der Waals surface area contributed by atoms with E-state index >= 15 is 0 Å². The van der Waals surface area contributed by atoms with Gasteiger partial charge >= 0.3 is 0 Å². The minimum atomic E-state index is 0. The van der Waals surface area contributed by atoms with Crippen molar-refractivity contribution in [2.24, 2.45) is 4.99 Å². The average molecular weight is 475 g/mol. The standard InChI is InChI=1S/C18H29N5O2.HI/c1-2-19-18(20-7-3-16-4-12-24-13-5-16)23-10-8-22(9-11-23)15-17-6-14-25-21-17;/h4,6,14H,2-3,5,7-13,15H2,1H3,(H,19,20);1H. The molecule has 1 N–H and O–H groups in total. The molecule has 8 heteroatoms. The third kappa shape index (κ3) is 6.55. The van der Waals surface area contributed by atoms with Gasteiger partial charge in [0, 0.05) is 51.9 Å². The predicted octanol–water partition coefficient (Wildman–Crippen LogP) is 2.11. The summed E-state index contributed by atoms with van der Waals surface area (Å²) < 4.78 is 10.3. The van der Waals surface area contributed by atoms with Crippen LogP contribution in [0.25, 0.3) is 0 Å². The summed E-state index contributed by atoms with van der Waals surface area (Å²) >= 11 is 0. The summed E-state index contributed by atoms with van der Waals surface area (Å²) in [5.41, 5.74) is 2.47. The Balaban J connectivity index is 0.00000243. The zero-order chi connectivity index (χ0) is 17.3. The molecule has 0 aliphatic carbocycles. The first kappa shape index (κ1) is 21.2. The fourth-order valence-electron chi connectivity index (χ4n) is 3.19. The molecule has 0 radical (unpaired) electrons. The highest BCUT2D eigenvalue weighted by atomic mass is 127. The zero-order valence-electron chi connectivity index (χ0n) is 15.5. The average Bonchev–Trinajstić information content (AvgIpc) is 3.16. The van der Waals surface area contributed by atoms with E-state index in [1.807, 2.05) is 6.07 Å². The van der Waals surface area contributed by atoms with Gasteiger partial charge in [0.05, 0.1) is 18.9 Å². The normalized spacial score (nSPS) is 19.0. The molecule has 0 unspecified atom stereocenters. The van der Waals surface area contributed by atoms with Gasteiger partial charge in [-0.2, -0.15) is 0 Å². The minimum Gasteiger partial charge on any atom is -0.377 e. The Kier molecular flexibility index (Phi) is 9.41. The fourth-order valence-corrected chi connectivity index (χ4v) is 3.19. The Morgan fingerprint density at radius 3 is 2.81 bits per heavy atom. The van der Waals surface area contributed by atoms with Gasteiger partial charge < -0.3 is 19.5 Å². The van der Waals surface area contributed by atoms with Gasteiger partial charge in [0.25, 0.3) is 0 Å². The molecule has 3 rings (SSSR count). The monoisotopic (exact) mass is 475 g/mol. The summed E-state index contributed by atoms with van der Waals surface area (Å²) in [5, 5.41) is 7.43. The van der Waals surface area contributed by atoms with E-state index < -0.39 is 0 Å². The lowest BCUT2D eigenvalue weighted by molar-refractivity contribution is 0.153. The highest BCUT2D eigenvalue weighted by molar-refractivity contribution is 14.0. The molecule has 1 saturated heterocycles. The number of hydrogen-bond acceptors (Lipinski definition) is 5. The van der Waals surface area contributed by atoms with Crippen LogP contribution in [0.15, 0.2) is 33.5 Å². The van der Waals surface area contributed by atoms with Crippen LogP contribution in [-0.2, 0) is 11.3 Å². The van der Waals surface area contributed by atoms with Crippen LogP contribution < -0.4 is 5.32 Å². The molecule has 0 bridgehead atoms. The summed E-state index contributed by atoms with van der Waals surface area (Å²) in [6, 6.07) is 1.93. The number of nitrogens with zero attached hydrogens (tertiary/aromatic N) is 4. The SMILES string of the molecule is CCNC(=NCCC1=CCOCC1)N1CCN(Cc2ccon2)CC1.I. The predicted molar refractivity (Wildman–Crippen MR) is 113 cm³/mol. The lowest BCUT2D eigenvalue weighted by Gasteiger charge is -2.36. The molecular weight excluding hydrogens is 445 g/mol. The number of halogens is 1. The van der Waals surface area contributed by atoms with Crippen molar-refractivity contribution < 1.29 is 9.26 Å². The highest BCUT2D eigenvalue weighted by Crippen LogP contribution is 2.12. The molecule has 1 aromatic heterocycles. The van der Waals surface area contributed by atoms with Gasteiger partial charge in [-0.1, -0.05) is 16.8 Å². The molecule has 3 heterocycles. The van der Waals surface area contributed by atoms with Gasteiger partial charge in [0.15, 0.2) is 5.96 Å². The zero-order valence-corrected chi connectivity index (χ0v) is 17.9. The summed E-state index contributed by atoms with van der Waals surface area (Å²) in [5.74, 6) is 1.04. The Morgan fingerprint density at radius 1 is 1.31 bits per heavy atom. The Labute approximate surface area is 172 Å². The van der Waals surface area contributed by atoms with Crippen molar-refractivity contribution in [2.45, 2.75) is 26.3 Å². The third-order valence-corrected chi connectivity index (χ3v) is 4.64. The van der Waals surface area contributed by atoms with Gasteiger partial charge in [0.1, 0.15) is 6.26 Å². The first-order valence-electron chi connectivity index (χ1n) is 9.25. The smallest absolute Gasteiger partial charge is 0.194 e. The molecule has 1 aromatic rings. The van der Waals surface area contributed by atoms with E-state index in [4.69, 9.17) is 14.3 Å². The second-order valence-electron chi connectivity index (χ2n) is 6.43. The lowest BCUT2D eigenvalue weighted by Crippen LogP contribution is -2.52. The number of nitrogens with one attached hydrogen (secondary N) is 1. The molecule has 0 saturated carbocycles. The van der Waals surface area contributed by atoms with Crippen LogP contribution in [0.5, 0.6) is 0 Å². The van der Waals surface area contributed by atoms with E-state index in [0.29, 0.717) is 0 Å². The maximum atomic E-state index is 5.36. The van der Waals surface area contributed by atoms with Crippen LogP contribution >= 0.6 is 24.0 Å². The van der Waals surface area contributed by atoms with Crippen molar-refractivity contribution in [3.63, 3.8) is 0 Å². The first-order valence-corrected chi connectivity index (χ1v) is 9.25. The molecular formula is C18H30IN5O2. The molecule has 0 atom stereocenters. The topological polar surface area (TPSA) is 66.1 Å². The van der Waals surface area contributed by atoms with Crippen LogP contribution in [0.3, 0.4) is 0 Å². The van der Waals surface area contributed by atoms with Crippen LogP contribution in [0.4, 0.5) is 0 Å². The molecule has 0 aromatic carbocycles. The minimum absolute atomic E-state index is 0. The van der Waals surface area contributed by atoms with Gasteiger partial charge in [-0.15, -0.1) is 24.0 Å². The van der Waals surface area contributed by atoms with Crippen molar-refractivity contribution in [1.29, 1.82) is 0 Å². The molecule has 146 valence electrons. The molecule has 0 amide bonds. The maximum Gasteiger partial charge on any atom is 0.194 e. The quantitative estimate of drug-likeness (QED) is 0.294. The number of aliphatic imine (C=N–C) groups is 1. The van der Waals surface area contributed by atoms with E-state index in [0.717, 1.165) is 83.5 Å². The molecule has 26 heavy (non-hydrogen) atoms. The Morgan fingerprint density at radius 2 is 2.15 bits per heavy atom. The van der Waals surface area contributed by atoms with Crippen LogP contribution in [0.2, 0.25) is 0 Å². The van der Waals surface area contributed by atoms with Crippen molar-refractivity contribution >= 4 is 29.9 Å². The Bertz CT molecular complexity index is 568. The van der Waals surface area contributed by atoms with Crippen molar-refractivity contribution in [3.05, 3.63) is 29.7 Å². The largest absolute Gasteiger partial charge is 0.377 e. The molecule has 0 spiro atoms. The van der Waals surface area contributed by atoms with Crippen LogP contribution in [0, 0.1) is 0 Å². The number of rotatable bonds is 6. The molecule has 2 aliphatic rings. The molecule has 2 aliphatic heterocycles. The van der Waals surface area contributed by atoms with E-state index in [1.165, 1.54) is 5.57 Å². The van der Waals surface area contributed by atoms with Crippen molar-refractivity contribution in [3.8, 4) is 0 Å². The van der Waals surface area contributed by atoms with E-state index in [2.05, 4.69) is 33.3 Å². The number of aromatic nitrogens is 1. The van der Waals surface area contributed by atoms with Crippen LogP contribution in [-0.4, -0.2) is 73.4 Å². The highest BCUT2D eigenvalue weighted by Gasteiger charge is 2.20. The van der Waals surface area contributed by atoms with Crippen molar-refractivity contribution in [2.75, 3.05) is 52.5 Å². The third-order valence-electron chi connectivity index (χ3n) is 4.64. The van der Waals surface area contributed by atoms with Gasteiger partial charge in [-0.3, -0.25) is 9.89 Å². The first-order chi connectivity index (χ1) is 12.3. The molecule has 7 nitrogen and oxygen atoms in total. The van der Waals surface area contributed by atoms with E-state index in [-0.39, 0.29) is 24.0 Å². The number of guanidine groups is 1. The van der Waals surface area contributed by atoms with E-state index in [9.17, 15) is 0 Å². The van der Waals surface area contributed by atoms with Gasteiger partial charge in [-0.05, 0) is 19.8 Å². The number of piperazine rings is 1. The second kappa shape index (κ2) is 11.6. The summed E-state index contributed by atoms with van der Waals surface area (Å²) in [4.78, 5) is 9.61. The fraction of sp³-hybridized carbons (Fsp3) is 0.667. The summed E-state index contributed by atoms with van der Waals surface area (Å²) in [6.45, 7) is 10.3. The number of hydrogen-bond donors (Lipinski definition) is 1. The summed E-state index contributed by atoms with van der Waals surface area (Å²) in [7, 11) is 0. The number of ether oxygens (including phenoxy) is 1. The van der Waals surface area contributed by atoms with Crippen LogP contribution in [0.1, 0.15) is 25.5 Å². The Hall–Kier alpha value is -1.13.